The lowest BCUT2D eigenvalue weighted by Gasteiger charge is -2.04. The summed E-state index contributed by atoms with van der Waals surface area (Å²) in [5.41, 5.74) is 7.59. The molecule has 0 aromatic carbocycles. The van der Waals surface area contributed by atoms with E-state index in [1.165, 1.54) is 0 Å². The van der Waals surface area contributed by atoms with Crippen molar-refractivity contribution in [3.63, 3.8) is 0 Å². The number of nitrogens with zero attached hydrogens (tertiary/aromatic N) is 1. The van der Waals surface area contributed by atoms with Crippen LogP contribution in [0.5, 0.6) is 0 Å². The normalized spacial score (nSPS) is 10.1. The first-order valence-electron chi connectivity index (χ1n) is 4.23. The van der Waals surface area contributed by atoms with Gasteiger partial charge in [0.2, 0.25) is 0 Å². The minimum Gasteiger partial charge on any atom is -0.397 e. The zero-order chi connectivity index (χ0) is 8.81. The van der Waals surface area contributed by atoms with Gasteiger partial charge in [0.1, 0.15) is 0 Å². The molecule has 0 fully saturated rings. The van der Waals surface area contributed by atoms with Crippen LogP contribution in [0.1, 0.15) is 18.9 Å². The van der Waals surface area contributed by atoms with Gasteiger partial charge in [-0.3, -0.25) is 4.98 Å². The van der Waals surface area contributed by atoms with E-state index in [1.54, 1.807) is 12.4 Å². The quantitative estimate of drug-likeness (QED) is 0.658. The number of anilines is 1. The van der Waals surface area contributed by atoms with Crippen LogP contribution in [0.3, 0.4) is 0 Å². The molecule has 3 nitrogen and oxygen atoms in total. The summed E-state index contributed by atoms with van der Waals surface area (Å²) in [4.78, 5) is 3.92. The maximum absolute atomic E-state index is 5.70. The van der Waals surface area contributed by atoms with E-state index in [0.717, 1.165) is 30.8 Å². The first-order valence-corrected chi connectivity index (χ1v) is 4.23. The molecule has 1 rings (SSSR count). The molecule has 1 aromatic heterocycles. The summed E-state index contributed by atoms with van der Waals surface area (Å²) in [7, 11) is 0. The Kier molecular flexibility index (Phi) is 3.54. The Balaban J connectivity index is 2.46. The fourth-order valence-electron chi connectivity index (χ4n) is 0.996. The lowest BCUT2D eigenvalue weighted by molar-refractivity contribution is 0.676. The lowest BCUT2D eigenvalue weighted by atomic mass is 10.2. The van der Waals surface area contributed by atoms with Crippen molar-refractivity contribution in [2.75, 3.05) is 12.3 Å². The molecule has 0 saturated heterocycles. The van der Waals surface area contributed by atoms with Crippen LogP contribution in [0.2, 0.25) is 0 Å². The van der Waals surface area contributed by atoms with Crippen molar-refractivity contribution in [2.24, 2.45) is 0 Å². The number of rotatable bonds is 4. The van der Waals surface area contributed by atoms with Crippen molar-refractivity contribution < 1.29 is 0 Å². The fourth-order valence-corrected chi connectivity index (χ4v) is 0.996. The highest BCUT2D eigenvalue weighted by Gasteiger charge is 1.95. The second-order valence-corrected chi connectivity index (χ2v) is 2.75. The van der Waals surface area contributed by atoms with E-state index in [2.05, 4.69) is 17.2 Å². The van der Waals surface area contributed by atoms with Crippen LogP contribution in [0.4, 0.5) is 5.69 Å². The molecule has 0 saturated carbocycles. The fraction of sp³-hybridized carbons (Fsp3) is 0.444. The van der Waals surface area contributed by atoms with Gasteiger partial charge < -0.3 is 11.1 Å². The second-order valence-electron chi connectivity index (χ2n) is 2.75. The maximum Gasteiger partial charge on any atom is 0.0546 e. The predicted molar refractivity (Wildman–Crippen MR) is 50.6 cm³/mol. The average molecular weight is 165 g/mol. The molecule has 0 radical (unpaired) electrons. The summed E-state index contributed by atoms with van der Waals surface area (Å²) in [5, 5.41) is 3.28. The third-order valence-electron chi connectivity index (χ3n) is 1.69. The van der Waals surface area contributed by atoms with E-state index < -0.39 is 0 Å². The van der Waals surface area contributed by atoms with Crippen LogP contribution in [0.25, 0.3) is 0 Å². The van der Waals surface area contributed by atoms with Gasteiger partial charge in [-0.15, -0.1) is 0 Å². The van der Waals surface area contributed by atoms with Gasteiger partial charge >= 0.3 is 0 Å². The van der Waals surface area contributed by atoms with E-state index in [-0.39, 0.29) is 0 Å². The van der Waals surface area contributed by atoms with Crippen molar-refractivity contribution in [3.05, 3.63) is 24.0 Å². The zero-order valence-corrected chi connectivity index (χ0v) is 7.38. The monoisotopic (exact) mass is 165 g/mol. The molecule has 0 aliphatic carbocycles. The number of hydrogen-bond donors (Lipinski definition) is 2. The minimum absolute atomic E-state index is 0.765. The molecule has 0 amide bonds. The molecule has 0 spiro atoms. The number of nitrogens with one attached hydrogen (secondary N) is 1. The maximum atomic E-state index is 5.70. The number of nitrogen functional groups attached to an aromatic ring is 1. The van der Waals surface area contributed by atoms with E-state index in [1.807, 2.05) is 6.07 Å². The van der Waals surface area contributed by atoms with E-state index in [4.69, 9.17) is 5.73 Å². The SMILES string of the molecule is CCCNCc1ccncc1N. The van der Waals surface area contributed by atoms with Gasteiger partial charge in [0.15, 0.2) is 0 Å². The van der Waals surface area contributed by atoms with E-state index >= 15 is 0 Å². The van der Waals surface area contributed by atoms with Gasteiger partial charge in [0, 0.05) is 12.7 Å². The zero-order valence-electron chi connectivity index (χ0n) is 7.38. The summed E-state index contributed by atoms with van der Waals surface area (Å²) in [6.07, 6.45) is 4.59. The molecular formula is C9H15N3. The molecule has 66 valence electrons. The molecule has 0 unspecified atom stereocenters. The van der Waals surface area contributed by atoms with Crippen molar-refractivity contribution in [3.8, 4) is 0 Å². The van der Waals surface area contributed by atoms with Gasteiger partial charge in [0.25, 0.3) is 0 Å². The topological polar surface area (TPSA) is 50.9 Å². The predicted octanol–water partition coefficient (Wildman–Crippen LogP) is 1.16. The molecular weight excluding hydrogens is 150 g/mol. The third-order valence-corrected chi connectivity index (χ3v) is 1.69. The number of hydrogen-bond acceptors (Lipinski definition) is 3. The van der Waals surface area contributed by atoms with Crippen molar-refractivity contribution in [1.82, 2.24) is 10.3 Å². The molecule has 1 heterocycles. The summed E-state index contributed by atoms with van der Waals surface area (Å²) in [6.45, 7) is 4.01. The molecule has 0 aliphatic rings. The second kappa shape index (κ2) is 4.72. The summed E-state index contributed by atoms with van der Waals surface area (Å²) >= 11 is 0. The molecule has 0 aliphatic heterocycles. The number of aromatic nitrogens is 1. The first-order chi connectivity index (χ1) is 5.84. The van der Waals surface area contributed by atoms with Gasteiger partial charge in [0.05, 0.1) is 11.9 Å². The average Bonchev–Trinajstić information content (AvgIpc) is 2.09. The molecule has 3 N–H and O–H groups in total. The van der Waals surface area contributed by atoms with Crippen LogP contribution in [-0.4, -0.2) is 11.5 Å². The highest BCUT2D eigenvalue weighted by molar-refractivity contribution is 5.43. The molecule has 12 heavy (non-hydrogen) atoms. The summed E-state index contributed by atoms with van der Waals surface area (Å²) in [5.74, 6) is 0. The van der Waals surface area contributed by atoms with Gasteiger partial charge in [-0.05, 0) is 24.6 Å². The number of nitrogens with two attached hydrogens (primary N) is 1. The van der Waals surface area contributed by atoms with Crippen LogP contribution >= 0.6 is 0 Å². The third kappa shape index (κ3) is 2.51. The van der Waals surface area contributed by atoms with Crippen LogP contribution < -0.4 is 11.1 Å². The Morgan fingerprint density at radius 3 is 3.08 bits per heavy atom. The minimum atomic E-state index is 0.765. The molecule has 0 bridgehead atoms. The molecule has 0 atom stereocenters. The van der Waals surface area contributed by atoms with Gasteiger partial charge in [-0.25, -0.2) is 0 Å². The summed E-state index contributed by atoms with van der Waals surface area (Å²) < 4.78 is 0. The number of pyridine rings is 1. The highest BCUT2D eigenvalue weighted by Crippen LogP contribution is 2.07. The summed E-state index contributed by atoms with van der Waals surface area (Å²) in [6, 6.07) is 1.94. The van der Waals surface area contributed by atoms with Crippen LogP contribution in [0.15, 0.2) is 18.5 Å². The van der Waals surface area contributed by atoms with Gasteiger partial charge in [-0.1, -0.05) is 6.92 Å². The van der Waals surface area contributed by atoms with Gasteiger partial charge in [-0.2, -0.15) is 0 Å². The van der Waals surface area contributed by atoms with Crippen molar-refractivity contribution >= 4 is 5.69 Å². The Bertz CT molecular complexity index is 235. The Labute approximate surface area is 73.0 Å². The smallest absolute Gasteiger partial charge is 0.0546 e. The first kappa shape index (κ1) is 9.00. The van der Waals surface area contributed by atoms with Crippen LogP contribution in [-0.2, 0) is 6.54 Å². The Hall–Kier alpha value is -1.09. The Morgan fingerprint density at radius 2 is 2.42 bits per heavy atom. The van der Waals surface area contributed by atoms with E-state index in [9.17, 15) is 0 Å². The Morgan fingerprint density at radius 1 is 1.58 bits per heavy atom. The lowest BCUT2D eigenvalue weighted by Crippen LogP contribution is -2.14. The molecule has 1 aromatic rings. The molecule has 3 heteroatoms. The van der Waals surface area contributed by atoms with Crippen molar-refractivity contribution in [2.45, 2.75) is 19.9 Å². The largest absolute Gasteiger partial charge is 0.397 e. The van der Waals surface area contributed by atoms with E-state index in [0.29, 0.717) is 0 Å². The van der Waals surface area contributed by atoms with Crippen LogP contribution in [0, 0.1) is 0 Å². The van der Waals surface area contributed by atoms with Crippen molar-refractivity contribution in [1.29, 1.82) is 0 Å². The highest BCUT2D eigenvalue weighted by atomic mass is 14.9. The standard InChI is InChI=1S/C9H15N3/c1-2-4-11-6-8-3-5-12-7-9(8)10/h3,5,7,11H,2,4,6,10H2,1H3.